The molecule has 0 atom stereocenters. The van der Waals surface area contributed by atoms with Crippen LogP contribution in [0, 0.1) is 56.7 Å². The summed E-state index contributed by atoms with van der Waals surface area (Å²) >= 11 is 0. The van der Waals surface area contributed by atoms with E-state index in [0.717, 1.165) is 49.2 Å². The predicted molar refractivity (Wildman–Crippen MR) is 182 cm³/mol. The van der Waals surface area contributed by atoms with Gasteiger partial charge in [0.2, 0.25) is 0 Å². The average Bonchev–Trinajstić information content (AvgIpc) is 3.64. The van der Waals surface area contributed by atoms with Crippen LogP contribution in [0.2, 0.25) is 0 Å². The highest BCUT2D eigenvalue weighted by molar-refractivity contribution is 6.12. The Morgan fingerprint density at radius 2 is 0.771 bits per heavy atom. The summed E-state index contributed by atoms with van der Waals surface area (Å²) in [5, 5.41) is 53.0. The summed E-state index contributed by atoms with van der Waals surface area (Å²) in [7, 11) is 0. The number of benzene rings is 5. The van der Waals surface area contributed by atoms with E-state index in [1.54, 1.807) is 42.7 Å². The van der Waals surface area contributed by atoms with E-state index in [-0.39, 0.29) is 0 Å². The Labute approximate surface area is 273 Å². The molecule has 8 heteroatoms. The summed E-state index contributed by atoms with van der Waals surface area (Å²) in [6, 6.07) is 40.5. The maximum Gasteiger partial charge on any atom is 0.0992 e. The first-order valence-electron chi connectivity index (χ1n) is 14.8. The van der Waals surface area contributed by atoms with Crippen molar-refractivity contribution in [2.75, 3.05) is 0 Å². The third kappa shape index (κ3) is 4.08. The van der Waals surface area contributed by atoms with Crippen LogP contribution in [-0.2, 0) is 0 Å². The Balaban J connectivity index is 1.60. The molecule has 0 amide bonds. The molecule has 8 aromatic rings. The molecule has 0 bridgehead atoms. The third-order valence-electron chi connectivity index (χ3n) is 8.72. The molecular formula is C40H18N8. The molecule has 0 aliphatic carbocycles. The van der Waals surface area contributed by atoms with Crippen molar-refractivity contribution in [3.63, 3.8) is 0 Å². The van der Waals surface area contributed by atoms with E-state index in [9.17, 15) is 26.3 Å². The first-order chi connectivity index (χ1) is 23.6. The Hall–Kier alpha value is -7.70. The molecule has 0 aliphatic rings. The minimum atomic E-state index is 0.461. The number of fused-ring (bicyclic) bond motifs is 6. The second-order valence-electron chi connectivity index (χ2n) is 11.3. The summed E-state index contributed by atoms with van der Waals surface area (Å²) in [5.41, 5.74) is 8.08. The van der Waals surface area contributed by atoms with Gasteiger partial charge in [-0.15, -0.1) is 0 Å². The zero-order valence-corrected chi connectivity index (χ0v) is 25.0. The number of hydrogen-bond acceptors (Lipinski definition) is 6. The molecule has 0 radical (unpaired) electrons. The van der Waals surface area contributed by atoms with Crippen molar-refractivity contribution in [2.24, 2.45) is 0 Å². The summed E-state index contributed by atoms with van der Waals surface area (Å²) in [6.45, 7) is 0. The molecule has 5 aromatic carbocycles. The van der Waals surface area contributed by atoms with Gasteiger partial charge in [0.15, 0.2) is 0 Å². The van der Waals surface area contributed by atoms with Crippen LogP contribution in [0.3, 0.4) is 0 Å². The lowest BCUT2D eigenvalue weighted by molar-refractivity contribution is 1.09. The lowest BCUT2D eigenvalue weighted by Crippen LogP contribution is -2.05. The lowest BCUT2D eigenvalue weighted by atomic mass is 10.0. The van der Waals surface area contributed by atoms with Gasteiger partial charge < -0.3 is 9.13 Å². The minimum Gasteiger partial charge on any atom is -0.307 e. The van der Waals surface area contributed by atoms with Crippen LogP contribution in [0.25, 0.3) is 66.1 Å². The zero-order chi connectivity index (χ0) is 32.9. The summed E-state index contributed by atoms with van der Waals surface area (Å²) in [6.07, 6.45) is 3.48. The molecule has 0 aliphatic heterocycles. The lowest BCUT2D eigenvalue weighted by Gasteiger charge is -2.19. The van der Waals surface area contributed by atoms with Gasteiger partial charge in [-0.25, -0.2) is 0 Å². The third-order valence-corrected chi connectivity index (χ3v) is 8.72. The quantitative estimate of drug-likeness (QED) is 0.197. The monoisotopic (exact) mass is 610 g/mol. The maximum atomic E-state index is 9.92. The van der Waals surface area contributed by atoms with Crippen molar-refractivity contribution in [1.29, 1.82) is 26.3 Å². The maximum absolute atomic E-state index is 9.92. The first-order valence-corrected chi connectivity index (χ1v) is 14.8. The minimum absolute atomic E-state index is 0.461. The van der Waals surface area contributed by atoms with E-state index in [1.807, 2.05) is 75.9 Å². The van der Waals surface area contributed by atoms with Crippen LogP contribution < -0.4 is 0 Å². The topological polar surface area (TPSA) is 142 Å². The summed E-state index contributed by atoms with van der Waals surface area (Å²) in [4.78, 5) is 4.76. The molecule has 0 fully saturated rings. The number of nitrogens with zero attached hydrogens (tertiary/aromatic N) is 8. The molecule has 3 heterocycles. The van der Waals surface area contributed by atoms with E-state index in [4.69, 9.17) is 4.98 Å². The second-order valence-corrected chi connectivity index (χ2v) is 11.3. The fourth-order valence-corrected chi connectivity index (χ4v) is 6.65. The van der Waals surface area contributed by atoms with E-state index in [0.29, 0.717) is 44.8 Å². The molecule has 0 spiro atoms. The van der Waals surface area contributed by atoms with Crippen LogP contribution in [0.15, 0.2) is 109 Å². The van der Waals surface area contributed by atoms with Gasteiger partial charge in [-0.1, -0.05) is 36.4 Å². The number of aromatic nitrogens is 3. The fourth-order valence-electron chi connectivity index (χ4n) is 6.65. The Morgan fingerprint density at radius 1 is 0.417 bits per heavy atom. The van der Waals surface area contributed by atoms with Gasteiger partial charge in [-0.3, -0.25) is 4.98 Å². The molecule has 3 aromatic heterocycles. The van der Waals surface area contributed by atoms with Gasteiger partial charge in [0.25, 0.3) is 0 Å². The Morgan fingerprint density at radius 3 is 1.12 bits per heavy atom. The van der Waals surface area contributed by atoms with Crippen LogP contribution in [0.4, 0.5) is 0 Å². The van der Waals surface area contributed by atoms with Crippen LogP contribution in [-0.4, -0.2) is 14.1 Å². The standard InChI is InChI=1S/C40H18N8/c41-17-24-2-1-3-29(12-24)40-38(47-34-13-25(18-42)4-8-30(34)31-9-5-26(19-43)14-35(31)47)22-46-23-39(40)48-36-15-27(20-44)6-10-32(36)33-11-7-28(21-45)16-37(33)48/h1-16,22-23H. The van der Waals surface area contributed by atoms with Crippen molar-refractivity contribution in [2.45, 2.75) is 0 Å². The molecular weight excluding hydrogens is 592 g/mol. The van der Waals surface area contributed by atoms with Crippen LogP contribution in [0.5, 0.6) is 0 Å². The van der Waals surface area contributed by atoms with Gasteiger partial charge in [-0.05, 0) is 66.2 Å². The van der Waals surface area contributed by atoms with Gasteiger partial charge in [-0.2, -0.15) is 26.3 Å². The first kappa shape index (κ1) is 27.8. The molecule has 8 nitrogen and oxygen atoms in total. The molecule has 0 saturated heterocycles. The fraction of sp³-hybridized carbons (Fsp3) is 0. The van der Waals surface area contributed by atoms with E-state index in [2.05, 4.69) is 30.3 Å². The number of hydrogen-bond donors (Lipinski definition) is 0. The smallest absolute Gasteiger partial charge is 0.0992 e. The van der Waals surface area contributed by atoms with Crippen molar-refractivity contribution < 1.29 is 0 Å². The average molecular weight is 611 g/mol. The number of rotatable bonds is 3. The highest BCUT2D eigenvalue weighted by Gasteiger charge is 2.23. The summed E-state index contributed by atoms with van der Waals surface area (Å²) < 4.78 is 4.01. The van der Waals surface area contributed by atoms with E-state index in [1.165, 1.54) is 0 Å². The highest BCUT2D eigenvalue weighted by atomic mass is 15.0. The molecule has 218 valence electrons. The van der Waals surface area contributed by atoms with Crippen molar-refractivity contribution in [3.05, 3.63) is 137 Å². The van der Waals surface area contributed by atoms with Crippen LogP contribution in [0.1, 0.15) is 27.8 Å². The van der Waals surface area contributed by atoms with Gasteiger partial charge in [0.1, 0.15) is 0 Å². The van der Waals surface area contributed by atoms with E-state index >= 15 is 0 Å². The predicted octanol–water partition coefficient (Wildman–Crippen LogP) is 8.30. The molecule has 0 saturated carbocycles. The Bertz CT molecular complexity index is 2600. The molecule has 48 heavy (non-hydrogen) atoms. The van der Waals surface area contributed by atoms with Gasteiger partial charge in [0.05, 0.1) is 104 Å². The van der Waals surface area contributed by atoms with Crippen molar-refractivity contribution in [1.82, 2.24) is 14.1 Å². The zero-order valence-electron chi connectivity index (χ0n) is 25.0. The van der Waals surface area contributed by atoms with Crippen LogP contribution >= 0.6 is 0 Å². The normalized spacial score (nSPS) is 10.8. The SMILES string of the molecule is N#Cc1cccc(-c2c(-n3c4cc(C#N)ccc4c4ccc(C#N)cc43)cncc2-n2c3cc(C#N)ccc3c3ccc(C#N)cc32)c1. The number of pyridine rings is 1. The highest BCUT2D eigenvalue weighted by Crippen LogP contribution is 2.42. The second kappa shape index (κ2) is 10.7. The molecule has 0 N–H and O–H groups in total. The Kier molecular flexibility index (Phi) is 6.22. The summed E-state index contributed by atoms with van der Waals surface area (Å²) in [5.74, 6) is 0. The van der Waals surface area contributed by atoms with Crippen molar-refractivity contribution in [3.8, 4) is 52.8 Å². The van der Waals surface area contributed by atoms with Crippen molar-refractivity contribution >= 4 is 43.6 Å². The van der Waals surface area contributed by atoms with Gasteiger partial charge in [0, 0.05) is 27.1 Å². The largest absolute Gasteiger partial charge is 0.307 e. The van der Waals surface area contributed by atoms with Gasteiger partial charge >= 0.3 is 0 Å². The number of nitriles is 5. The van der Waals surface area contributed by atoms with E-state index < -0.39 is 0 Å². The molecule has 0 unspecified atom stereocenters. The molecule has 8 rings (SSSR count).